The van der Waals surface area contributed by atoms with Gasteiger partial charge in [-0.1, -0.05) is 26.8 Å². The van der Waals surface area contributed by atoms with Crippen molar-refractivity contribution in [1.82, 2.24) is 19.7 Å². The molecule has 2 aromatic carbocycles. The highest BCUT2D eigenvalue weighted by molar-refractivity contribution is 7.91. The number of nitrogens with one attached hydrogen (secondary N) is 5. The van der Waals surface area contributed by atoms with Crippen LogP contribution in [-0.2, 0) is 60.1 Å². The van der Waals surface area contributed by atoms with E-state index in [1.807, 2.05) is 25.5 Å². The first-order chi connectivity index (χ1) is 26.3. The maximum absolute atomic E-state index is 15.2. The Morgan fingerprint density at radius 3 is 2.18 bits per heavy atom. The third-order valence-corrected chi connectivity index (χ3v) is 14.8. The van der Waals surface area contributed by atoms with Crippen molar-refractivity contribution in [1.29, 1.82) is 0 Å². The van der Waals surface area contributed by atoms with Crippen LogP contribution in [0.2, 0.25) is 0 Å². The molecule has 5 N–H and O–H groups in total. The summed E-state index contributed by atoms with van der Waals surface area (Å²) in [6, 6.07) is 2.77. The van der Waals surface area contributed by atoms with Gasteiger partial charge in [-0.3, -0.25) is 19.3 Å². The van der Waals surface area contributed by atoms with Crippen molar-refractivity contribution in [3.63, 3.8) is 0 Å². The van der Waals surface area contributed by atoms with Crippen molar-refractivity contribution in [2.75, 3.05) is 23.7 Å². The maximum atomic E-state index is 15.2. The third kappa shape index (κ3) is 8.70. The number of fused-ring (bicyclic) bond motifs is 2. The zero-order valence-corrected chi connectivity index (χ0v) is 33.6. The van der Waals surface area contributed by atoms with E-state index in [0.717, 1.165) is 46.4 Å². The average Bonchev–Trinajstić information content (AvgIpc) is 3.75. The van der Waals surface area contributed by atoms with E-state index in [0.29, 0.717) is 36.1 Å². The van der Waals surface area contributed by atoms with Crippen LogP contribution >= 0.6 is 0 Å². The summed E-state index contributed by atoms with van der Waals surface area (Å²) >= 11 is 0. The lowest BCUT2D eigenvalue weighted by Crippen LogP contribution is -2.53. The van der Waals surface area contributed by atoms with Gasteiger partial charge in [-0.25, -0.2) is 40.3 Å². The van der Waals surface area contributed by atoms with Crippen LogP contribution in [-0.4, -0.2) is 75.1 Å². The first-order valence-corrected chi connectivity index (χ1v) is 22.2. The SMILES string of the molecule is CC(=O)N1CCCC(S(=O)(=O)NC(=O)Nc2c(C(C)C)cc(F)cc2C(C)CC2Cc3cc4c(c(NC(=O)NS(=O)(=O)C5CCC(=O)NC5)c3C2)CCC4)C1=O. The number of imide groups is 1. The maximum Gasteiger partial charge on any atom is 0.332 e. The Bertz CT molecular complexity index is 2180. The number of sulfonamides is 2. The van der Waals surface area contributed by atoms with Crippen molar-refractivity contribution >= 4 is 61.2 Å². The highest BCUT2D eigenvalue weighted by Crippen LogP contribution is 2.44. The molecule has 2 heterocycles. The molecule has 4 unspecified atom stereocenters. The zero-order chi connectivity index (χ0) is 40.7. The summed E-state index contributed by atoms with van der Waals surface area (Å²) < 4.78 is 71.8. The van der Waals surface area contributed by atoms with E-state index in [1.165, 1.54) is 19.1 Å². The van der Waals surface area contributed by atoms with Gasteiger partial charge >= 0.3 is 12.1 Å². The molecule has 0 saturated carbocycles. The molecule has 0 radical (unpaired) electrons. The fourth-order valence-electron chi connectivity index (χ4n) is 8.63. The minimum absolute atomic E-state index is 0.0232. The highest BCUT2D eigenvalue weighted by atomic mass is 32.2. The summed E-state index contributed by atoms with van der Waals surface area (Å²) in [6.07, 6.45) is 4.52. The molecule has 18 heteroatoms. The molecule has 4 aliphatic rings. The summed E-state index contributed by atoms with van der Waals surface area (Å²) in [4.78, 5) is 63.7. The summed E-state index contributed by atoms with van der Waals surface area (Å²) in [5.74, 6) is -2.84. The number of benzene rings is 2. The number of halogens is 1. The summed E-state index contributed by atoms with van der Waals surface area (Å²) in [5.41, 5.74) is 5.77. The van der Waals surface area contributed by atoms with E-state index >= 15 is 4.39 Å². The number of hydrogen-bond donors (Lipinski definition) is 5. The highest BCUT2D eigenvalue weighted by Gasteiger charge is 2.41. The second kappa shape index (κ2) is 16.1. The van der Waals surface area contributed by atoms with Crippen molar-refractivity contribution in [2.24, 2.45) is 5.92 Å². The number of anilines is 2. The van der Waals surface area contributed by atoms with Gasteiger partial charge in [-0.15, -0.1) is 0 Å². The molecule has 304 valence electrons. The molecule has 56 heavy (non-hydrogen) atoms. The molecule has 2 fully saturated rings. The van der Waals surface area contributed by atoms with Gasteiger partial charge < -0.3 is 16.0 Å². The first kappa shape index (κ1) is 41.1. The van der Waals surface area contributed by atoms with Crippen LogP contribution in [0.4, 0.5) is 25.4 Å². The van der Waals surface area contributed by atoms with Crippen LogP contribution in [0.15, 0.2) is 18.2 Å². The van der Waals surface area contributed by atoms with Gasteiger partial charge in [0.1, 0.15) is 5.82 Å². The lowest BCUT2D eigenvalue weighted by atomic mass is 9.85. The molecule has 2 aromatic rings. The lowest BCUT2D eigenvalue weighted by molar-refractivity contribution is -0.144. The Morgan fingerprint density at radius 1 is 0.839 bits per heavy atom. The number of aryl methyl sites for hydroxylation is 1. The zero-order valence-electron chi connectivity index (χ0n) is 31.9. The average molecular weight is 817 g/mol. The first-order valence-electron chi connectivity index (χ1n) is 19.1. The molecule has 0 aromatic heterocycles. The van der Waals surface area contributed by atoms with Gasteiger partial charge in [0.05, 0.1) is 5.25 Å². The lowest BCUT2D eigenvalue weighted by Gasteiger charge is -2.29. The van der Waals surface area contributed by atoms with Crippen LogP contribution in [0, 0.1) is 11.7 Å². The predicted molar refractivity (Wildman–Crippen MR) is 206 cm³/mol. The van der Waals surface area contributed by atoms with Gasteiger partial charge in [0.2, 0.25) is 37.8 Å². The van der Waals surface area contributed by atoms with E-state index in [1.54, 1.807) is 0 Å². The number of likely N-dealkylation sites (tertiary alicyclic amines) is 1. The predicted octanol–water partition coefficient (Wildman–Crippen LogP) is 4.07. The van der Waals surface area contributed by atoms with Crippen LogP contribution in [0.3, 0.4) is 0 Å². The van der Waals surface area contributed by atoms with E-state index in [2.05, 4.69) is 26.7 Å². The Hall–Kier alpha value is -4.58. The number of carbonyl (C=O) groups excluding carboxylic acids is 5. The Kier molecular flexibility index (Phi) is 11.8. The number of carbonyl (C=O) groups is 5. The second-order valence-corrected chi connectivity index (χ2v) is 19.5. The van der Waals surface area contributed by atoms with Crippen LogP contribution in [0.5, 0.6) is 0 Å². The van der Waals surface area contributed by atoms with E-state index in [-0.39, 0.29) is 68.1 Å². The number of hydrogen-bond acceptors (Lipinski definition) is 9. The minimum atomic E-state index is -4.54. The minimum Gasteiger partial charge on any atom is -0.355 e. The topological polar surface area (TPSA) is 217 Å². The molecule has 15 nitrogen and oxygen atoms in total. The summed E-state index contributed by atoms with van der Waals surface area (Å²) in [7, 11) is -8.61. The van der Waals surface area contributed by atoms with Crippen molar-refractivity contribution in [2.45, 2.75) is 114 Å². The van der Waals surface area contributed by atoms with E-state index < -0.39 is 60.2 Å². The molecular formula is C38H49FN6O9S2. The second-order valence-electron chi connectivity index (χ2n) is 15.7. The number of amides is 7. The van der Waals surface area contributed by atoms with Crippen LogP contribution in [0.1, 0.15) is 111 Å². The largest absolute Gasteiger partial charge is 0.355 e. The van der Waals surface area contributed by atoms with E-state index in [4.69, 9.17) is 0 Å². The molecule has 0 spiro atoms. The molecule has 2 aliphatic carbocycles. The summed E-state index contributed by atoms with van der Waals surface area (Å²) in [5, 5.41) is 5.48. The Balaban J connectivity index is 1.19. The van der Waals surface area contributed by atoms with Gasteiger partial charge in [0.15, 0.2) is 5.25 Å². The normalized spacial score (nSPS) is 21.5. The molecule has 0 bridgehead atoms. The van der Waals surface area contributed by atoms with Gasteiger partial charge in [0, 0.05) is 37.8 Å². The van der Waals surface area contributed by atoms with Crippen molar-refractivity contribution in [3.05, 3.63) is 57.4 Å². The van der Waals surface area contributed by atoms with Crippen LogP contribution in [0.25, 0.3) is 0 Å². The number of rotatable bonds is 10. The smallest absolute Gasteiger partial charge is 0.332 e. The quantitative estimate of drug-likeness (QED) is 0.233. The van der Waals surface area contributed by atoms with Crippen LogP contribution < -0.4 is 25.4 Å². The van der Waals surface area contributed by atoms with Gasteiger partial charge in [-0.2, -0.15) is 0 Å². The fourth-order valence-corrected chi connectivity index (χ4v) is 11.2. The van der Waals surface area contributed by atoms with E-state index in [9.17, 15) is 40.8 Å². The summed E-state index contributed by atoms with van der Waals surface area (Å²) in [6.45, 7) is 6.71. The van der Waals surface area contributed by atoms with Gasteiger partial charge in [0.25, 0.3) is 0 Å². The van der Waals surface area contributed by atoms with Crippen molar-refractivity contribution < 1.29 is 45.2 Å². The molecule has 2 saturated heterocycles. The molecular weight excluding hydrogens is 768 g/mol. The standard InChI is InChI=1S/C38H49FN6O9S2/c1-20(2)29-17-26(39)18-30(35(29)42-38(50)44-56(53,54)32-9-6-12-45(22(4)46)36(32)48)21(3)13-23-14-25-16-24-7-5-8-28(24)34(31(25)15-23)41-37(49)43-55(51,52)27-10-11-33(47)40-19-27/h16-18,20-21,23,27,32H,5-15,19H2,1-4H3,(H,40,47)(H2,41,43,49)(H2,42,44,50). The monoisotopic (exact) mass is 816 g/mol. The molecule has 7 amide bonds. The Morgan fingerprint density at radius 2 is 1.52 bits per heavy atom. The number of nitrogens with zero attached hydrogens (tertiary/aromatic N) is 1. The van der Waals surface area contributed by atoms with Crippen molar-refractivity contribution in [3.8, 4) is 0 Å². The Labute approximate surface area is 326 Å². The number of piperidine rings is 2. The molecule has 6 rings (SSSR count). The third-order valence-electron chi connectivity index (χ3n) is 11.4. The van der Waals surface area contributed by atoms with Gasteiger partial charge in [-0.05, 0) is 121 Å². The fraction of sp³-hybridized carbons (Fsp3) is 0.553. The number of urea groups is 2. The molecule has 2 aliphatic heterocycles. The molecule has 4 atom stereocenters.